The number of hydrogen-bond acceptors (Lipinski definition) is 4. The van der Waals surface area contributed by atoms with Crippen LogP contribution in [0, 0.1) is 0 Å². The number of rotatable bonds is 5. The molecule has 0 bridgehead atoms. The van der Waals surface area contributed by atoms with Gasteiger partial charge in [0.15, 0.2) is 0 Å². The molecule has 7 nitrogen and oxygen atoms in total. The first kappa shape index (κ1) is 19.4. The zero-order chi connectivity index (χ0) is 20.4. The molecule has 0 spiro atoms. The zero-order valence-corrected chi connectivity index (χ0v) is 14.8. The monoisotopic (exact) mass is 410 g/mol. The standard InChI is InChI=1S/C17H13F3N4O3S/c18-17(19,20)28(26,27)24-15-4-2-1-3-13(15)16(25)22-12-7-5-11(6-8-12)14-9-10-21-23-14/h1-10,24H,(H,21,23)(H,22,25). The number of aromatic nitrogens is 2. The summed E-state index contributed by atoms with van der Waals surface area (Å²) in [7, 11) is -5.65. The molecule has 0 saturated heterocycles. The first-order valence-corrected chi connectivity index (χ1v) is 9.25. The number of hydrogen-bond donors (Lipinski definition) is 3. The van der Waals surface area contributed by atoms with Crippen molar-refractivity contribution < 1.29 is 26.4 Å². The third kappa shape index (κ3) is 4.14. The van der Waals surface area contributed by atoms with E-state index in [1.165, 1.54) is 22.9 Å². The largest absolute Gasteiger partial charge is 0.516 e. The van der Waals surface area contributed by atoms with Crippen LogP contribution in [0.25, 0.3) is 11.3 Å². The minimum Gasteiger partial charge on any atom is -0.322 e. The molecule has 1 aromatic heterocycles. The van der Waals surface area contributed by atoms with E-state index >= 15 is 0 Å². The Kier molecular flexibility index (Phi) is 5.10. The van der Waals surface area contributed by atoms with Gasteiger partial charge in [-0.15, -0.1) is 0 Å². The summed E-state index contributed by atoms with van der Waals surface area (Å²) in [6.07, 6.45) is 1.59. The molecule has 1 heterocycles. The van der Waals surface area contributed by atoms with E-state index in [0.29, 0.717) is 5.69 Å². The highest BCUT2D eigenvalue weighted by atomic mass is 32.2. The predicted octanol–water partition coefficient (Wildman–Crippen LogP) is 3.59. The minimum atomic E-state index is -5.65. The highest BCUT2D eigenvalue weighted by Crippen LogP contribution is 2.27. The van der Waals surface area contributed by atoms with Crippen molar-refractivity contribution in [1.29, 1.82) is 0 Å². The van der Waals surface area contributed by atoms with Gasteiger partial charge in [-0.3, -0.25) is 14.6 Å². The fourth-order valence-electron chi connectivity index (χ4n) is 2.32. The average molecular weight is 410 g/mol. The van der Waals surface area contributed by atoms with Gasteiger partial charge in [-0.2, -0.15) is 26.7 Å². The van der Waals surface area contributed by atoms with E-state index in [-0.39, 0.29) is 5.56 Å². The molecular formula is C17H13F3N4O3S. The summed E-state index contributed by atoms with van der Waals surface area (Å²) in [5, 5.41) is 9.14. The summed E-state index contributed by atoms with van der Waals surface area (Å²) in [5.74, 6) is -0.769. The normalized spacial score (nSPS) is 11.8. The molecule has 0 radical (unpaired) electrons. The van der Waals surface area contributed by atoms with Gasteiger partial charge < -0.3 is 5.32 Å². The predicted molar refractivity (Wildman–Crippen MR) is 97.0 cm³/mol. The molecule has 2 aromatic carbocycles. The molecule has 1 amide bonds. The lowest BCUT2D eigenvalue weighted by Gasteiger charge is -2.14. The molecule has 0 fully saturated rings. The first-order chi connectivity index (χ1) is 13.2. The number of amides is 1. The molecule has 11 heteroatoms. The van der Waals surface area contributed by atoms with E-state index in [9.17, 15) is 26.4 Å². The Morgan fingerprint density at radius 3 is 2.29 bits per heavy atom. The van der Waals surface area contributed by atoms with Crippen molar-refractivity contribution in [2.45, 2.75) is 5.51 Å². The van der Waals surface area contributed by atoms with E-state index < -0.39 is 27.1 Å². The number of anilines is 2. The van der Waals surface area contributed by atoms with Gasteiger partial charge in [0.25, 0.3) is 5.91 Å². The molecule has 3 rings (SSSR count). The number of carbonyl (C=O) groups excluding carboxylic acids is 1. The van der Waals surface area contributed by atoms with Crippen LogP contribution in [0.4, 0.5) is 24.5 Å². The van der Waals surface area contributed by atoms with Gasteiger partial charge >= 0.3 is 15.5 Å². The summed E-state index contributed by atoms with van der Waals surface area (Å²) in [4.78, 5) is 12.4. The Balaban J connectivity index is 1.80. The lowest BCUT2D eigenvalue weighted by Crippen LogP contribution is -2.30. The van der Waals surface area contributed by atoms with E-state index in [1.54, 1.807) is 36.5 Å². The maximum atomic E-state index is 12.6. The summed E-state index contributed by atoms with van der Waals surface area (Å²) < 4.78 is 61.8. The second kappa shape index (κ2) is 7.35. The minimum absolute atomic E-state index is 0.257. The molecule has 28 heavy (non-hydrogen) atoms. The summed E-state index contributed by atoms with van der Waals surface area (Å²) in [5.41, 5.74) is -4.28. The number of carbonyl (C=O) groups is 1. The molecular weight excluding hydrogens is 397 g/mol. The fraction of sp³-hybridized carbons (Fsp3) is 0.0588. The number of halogens is 3. The number of aromatic amines is 1. The van der Waals surface area contributed by atoms with Gasteiger partial charge in [0, 0.05) is 11.9 Å². The van der Waals surface area contributed by atoms with Crippen molar-refractivity contribution in [2.75, 3.05) is 10.0 Å². The van der Waals surface area contributed by atoms with Gasteiger partial charge in [-0.05, 0) is 35.9 Å². The maximum absolute atomic E-state index is 12.6. The SMILES string of the molecule is O=C(Nc1ccc(-c2ccn[nH]2)cc1)c1ccccc1NS(=O)(=O)C(F)(F)F. The Morgan fingerprint density at radius 2 is 1.68 bits per heavy atom. The van der Waals surface area contributed by atoms with E-state index in [0.717, 1.165) is 17.3 Å². The van der Waals surface area contributed by atoms with Crippen LogP contribution in [-0.2, 0) is 10.0 Å². The topological polar surface area (TPSA) is 104 Å². The molecule has 3 N–H and O–H groups in total. The Labute approximate surface area is 157 Å². The molecule has 0 unspecified atom stereocenters. The molecule has 0 aliphatic carbocycles. The average Bonchev–Trinajstić information content (AvgIpc) is 3.16. The number of nitrogens with one attached hydrogen (secondary N) is 3. The second-order valence-corrected chi connectivity index (χ2v) is 7.27. The summed E-state index contributed by atoms with van der Waals surface area (Å²) in [6.45, 7) is 0. The lowest BCUT2D eigenvalue weighted by atomic mass is 10.1. The smallest absolute Gasteiger partial charge is 0.322 e. The van der Waals surface area contributed by atoms with Gasteiger partial charge in [-0.25, -0.2) is 0 Å². The third-order valence-corrected chi connectivity index (χ3v) is 4.77. The van der Waals surface area contributed by atoms with E-state index in [4.69, 9.17) is 0 Å². The van der Waals surface area contributed by atoms with Crippen LogP contribution < -0.4 is 10.0 Å². The van der Waals surface area contributed by atoms with Gasteiger partial charge in [0.2, 0.25) is 0 Å². The van der Waals surface area contributed by atoms with Gasteiger partial charge in [0.1, 0.15) is 0 Å². The van der Waals surface area contributed by atoms with Crippen molar-refractivity contribution in [3.63, 3.8) is 0 Å². The molecule has 0 atom stereocenters. The zero-order valence-electron chi connectivity index (χ0n) is 14.0. The number of para-hydroxylation sites is 1. The number of benzene rings is 2. The Hall–Kier alpha value is -3.34. The van der Waals surface area contributed by atoms with Gasteiger partial charge in [-0.1, -0.05) is 24.3 Å². The first-order valence-electron chi connectivity index (χ1n) is 7.77. The van der Waals surface area contributed by atoms with Crippen LogP contribution >= 0.6 is 0 Å². The van der Waals surface area contributed by atoms with Crippen LogP contribution in [0.5, 0.6) is 0 Å². The number of nitrogens with zero attached hydrogens (tertiary/aromatic N) is 1. The Morgan fingerprint density at radius 1 is 1.00 bits per heavy atom. The third-order valence-electron chi connectivity index (χ3n) is 3.68. The van der Waals surface area contributed by atoms with E-state index in [1.807, 2.05) is 0 Å². The fourth-order valence-corrected chi connectivity index (χ4v) is 2.90. The van der Waals surface area contributed by atoms with Crippen molar-refractivity contribution in [3.05, 3.63) is 66.4 Å². The van der Waals surface area contributed by atoms with Crippen molar-refractivity contribution in [1.82, 2.24) is 10.2 Å². The van der Waals surface area contributed by atoms with Crippen molar-refractivity contribution in [3.8, 4) is 11.3 Å². The quantitative estimate of drug-likeness (QED) is 0.598. The number of sulfonamides is 1. The molecule has 0 saturated carbocycles. The van der Waals surface area contributed by atoms with Gasteiger partial charge in [0.05, 0.1) is 16.9 Å². The maximum Gasteiger partial charge on any atom is 0.516 e. The number of alkyl halides is 3. The Bertz CT molecular complexity index is 1080. The highest BCUT2D eigenvalue weighted by Gasteiger charge is 2.46. The van der Waals surface area contributed by atoms with Crippen molar-refractivity contribution in [2.24, 2.45) is 0 Å². The van der Waals surface area contributed by atoms with Crippen LogP contribution in [0.1, 0.15) is 10.4 Å². The van der Waals surface area contributed by atoms with Crippen LogP contribution in [-0.4, -0.2) is 30.0 Å². The highest BCUT2D eigenvalue weighted by molar-refractivity contribution is 7.93. The van der Waals surface area contributed by atoms with Crippen molar-refractivity contribution >= 4 is 27.3 Å². The summed E-state index contributed by atoms with van der Waals surface area (Å²) in [6, 6.07) is 13.4. The molecule has 3 aromatic rings. The molecule has 0 aliphatic heterocycles. The van der Waals surface area contributed by atoms with E-state index in [2.05, 4.69) is 15.5 Å². The van der Waals surface area contributed by atoms with Crippen LogP contribution in [0.15, 0.2) is 60.8 Å². The lowest BCUT2D eigenvalue weighted by molar-refractivity contribution is -0.0429. The number of H-pyrrole nitrogens is 1. The molecule has 146 valence electrons. The van der Waals surface area contributed by atoms with Crippen LogP contribution in [0.2, 0.25) is 0 Å². The second-order valence-electron chi connectivity index (χ2n) is 5.60. The molecule has 0 aliphatic rings. The van der Waals surface area contributed by atoms with Crippen LogP contribution in [0.3, 0.4) is 0 Å². The summed E-state index contributed by atoms with van der Waals surface area (Å²) >= 11 is 0.